The average molecular weight is 761 g/mol. The first-order chi connectivity index (χ1) is 24.8. The zero-order chi connectivity index (χ0) is 35.0. The zero-order valence-corrected chi connectivity index (χ0v) is 32.9. The van der Waals surface area contributed by atoms with E-state index in [1.54, 1.807) is 45.3 Å². The van der Waals surface area contributed by atoms with Crippen molar-refractivity contribution in [2.45, 2.75) is 26.7 Å². The van der Waals surface area contributed by atoms with E-state index in [0.717, 1.165) is 86.5 Å². The Hall–Kier alpha value is -4.40. The Morgan fingerprint density at radius 1 is 0.510 bits per heavy atom. The maximum atomic E-state index is 5.33. The molecule has 0 aliphatic carbocycles. The van der Waals surface area contributed by atoms with Crippen molar-refractivity contribution in [2.24, 2.45) is 0 Å². The fraction of sp³-hybridized carbons (Fsp3) is 0.211. The molecule has 0 unspecified atom stereocenters. The van der Waals surface area contributed by atoms with Crippen LogP contribution in [0.1, 0.15) is 25.2 Å². The Morgan fingerprint density at radius 2 is 0.922 bits per heavy atom. The minimum absolute atomic E-state index is 0.794. The summed E-state index contributed by atoms with van der Waals surface area (Å²) >= 11 is 8.03. The van der Waals surface area contributed by atoms with Gasteiger partial charge in [0.1, 0.15) is 41.7 Å². The Bertz CT molecular complexity index is 2480. The fourth-order valence-electron chi connectivity index (χ4n) is 6.38. The van der Waals surface area contributed by atoms with E-state index in [4.69, 9.17) is 28.7 Å². The molecule has 8 nitrogen and oxygen atoms in total. The second-order valence-corrected chi connectivity index (χ2v) is 17.4. The van der Waals surface area contributed by atoms with Gasteiger partial charge in [-0.25, -0.2) is 19.9 Å². The monoisotopic (exact) mass is 760 g/mol. The van der Waals surface area contributed by atoms with E-state index in [9.17, 15) is 0 Å². The quantitative estimate of drug-likeness (QED) is 0.151. The molecule has 51 heavy (non-hydrogen) atoms. The molecule has 0 aliphatic heterocycles. The van der Waals surface area contributed by atoms with E-state index in [2.05, 4.69) is 113 Å². The summed E-state index contributed by atoms with van der Waals surface area (Å²) in [5.74, 6) is 0. The van der Waals surface area contributed by atoms with Crippen LogP contribution in [0.25, 0.3) is 83.2 Å². The van der Waals surface area contributed by atoms with Crippen molar-refractivity contribution < 1.29 is 0 Å². The molecule has 0 fully saturated rings. The third kappa shape index (κ3) is 5.49. The molecule has 0 radical (unpaired) electrons. The first-order valence-corrected chi connectivity index (χ1v) is 20.6. The minimum atomic E-state index is 0.794. The molecule has 0 atom stereocenters. The summed E-state index contributed by atoms with van der Waals surface area (Å²) in [6.07, 6.45) is 1.59. The topological polar surface area (TPSA) is 83.8 Å². The first kappa shape index (κ1) is 32.5. The number of hydrogen-bond donors (Lipinski definition) is 0. The van der Waals surface area contributed by atoms with Gasteiger partial charge in [-0.05, 0) is 60.4 Å². The Morgan fingerprint density at radius 3 is 1.27 bits per heavy atom. The molecule has 0 aliphatic rings. The number of aryl methyl sites for hydroxylation is 2. The molecule has 6 aromatic heterocycles. The number of rotatable bonds is 8. The molecular weight excluding hydrogens is 729 g/mol. The highest BCUT2D eigenvalue weighted by Crippen LogP contribution is 2.48. The van der Waals surface area contributed by atoms with Crippen LogP contribution in [0.5, 0.6) is 0 Å². The molecule has 0 saturated heterocycles. The smallest absolute Gasteiger partial charge is 0.135 e. The van der Waals surface area contributed by atoms with Crippen LogP contribution in [-0.2, 0) is 12.8 Å². The molecule has 0 N–H and O–H groups in total. The van der Waals surface area contributed by atoms with Gasteiger partial charge in [0.2, 0.25) is 0 Å². The summed E-state index contributed by atoms with van der Waals surface area (Å²) < 4.78 is 12.1. The Kier molecular flexibility index (Phi) is 8.08. The lowest BCUT2D eigenvalue weighted by Crippen LogP contribution is -2.07. The van der Waals surface area contributed by atoms with Crippen LogP contribution in [0.2, 0.25) is 0 Å². The summed E-state index contributed by atoms with van der Waals surface area (Å²) in [6, 6.07) is 21.9. The van der Waals surface area contributed by atoms with Gasteiger partial charge in [0.25, 0.3) is 0 Å². The Labute approximate surface area is 315 Å². The number of nitrogens with zero attached hydrogens (tertiary/aromatic N) is 8. The fourth-order valence-corrected chi connectivity index (χ4v) is 11.5. The lowest BCUT2D eigenvalue weighted by molar-refractivity contribution is 0.931. The molecule has 6 heterocycles. The van der Waals surface area contributed by atoms with Crippen molar-refractivity contribution in [3.8, 4) is 42.0 Å². The van der Waals surface area contributed by atoms with Crippen molar-refractivity contribution in [1.82, 2.24) is 28.7 Å². The Balaban J connectivity index is 1.19. The molecule has 0 bridgehead atoms. The summed E-state index contributed by atoms with van der Waals surface area (Å²) in [6.45, 7) is 4.29. The van der Waals surface area contributed by atoms with Crippen LogP contribution in [0, 0.1) is 0 Å². The summed E-state index contributed by atoms with van der Waals surface area (Å²) in [5, 5.41) is 1.79. The number of benzene rings is 3. The highest BCUT2D eigenvalue weighted by Gasteiger charge is 2.27. The normalized spacial score (nSPS) is 11.9. The predicted molar refractivity (Wildman–Crippen MR) is 222 cm³/mol. The van der Waals surface area contributed by atoms with Gasteiger partial charge >= 0.3 is 0 Å². The summed E-state index contributed by atoms with van der Waals surface area (Å²) in [5.41, 5.74) is 11.8. The lowest BCUT2D eigenvalue weighted by atomic mass is 10.0. The van der Waals surface area contributed by atoms with Crippen LogP contribution in [0.4, 0.5) is 11.4 Å². The first-order valence-electron chi connectivity index (χ1n) is 16.6. The van der Waals surface area contributed by atoms with Gasteiger partial charge in [0.15, 0.2) is 0 Å². The maximum absolute atomic E-state index is 5.33. The average Bonchev–Trinajstić information content (AvgIpc) is 3.97. The second kappa shape index (κ2) is 12.7. The number of thiazole rings is 2. The minimum Gasteiger partial charge on any atom is -0.378 e. The van der Waals surface area contributed by atoms with Crippen molar-refractivity contribution in [2.75, 3.05) is 38.0 Å². The molecular formula is C38H32N8S5. The van der Waals surface area contributed by atoms with Crippen molar-refractivity contribution in [1.29, 1.82) is 0 Å². The number of thiophene rings is 2. The molecule has 13 heteroatoms. The van der Waals surface area contributed by atoms with Gasteiger partial charge in [-0.1, -0.05) is 38.1 Å². The predicted octanol–water partition coefficient (Wildman–Crippen LogP) is 10.9. The van der Waals surface area contributed by atoms with Gasteiger partial charge in [0.05, 0.1) is 43.6 Å². The largest absolute Gasteiger partial charge is 0.378 e. The van der Waals surface area contributed by atoms with Gasteiger partial charge in [-0.3, -0.25) is 0 Å². The van der Waals surface area contributed by atoms with Crippen molar-refractivity contribution >= 4 is 110 Å². The van der Waals surface area contributed by atoms with Crippen LogP contribution in [-0.4, -0.2) is 56.9 Å². The van der Waals surface area contributed by atoms with E-state index < -0.39 is 0 Å². The van der Waals surface area contributed by atoms with Gasteiger partial charge in [0, 0.05) is 49.3 Å². The van der Waals surface area contributed by atoms with Crippen LogP contribution in [0.15, 0.2) is 60.7 Å². The van der Waals surface area contributed by atoms with E-state index in [1.165, 1.54) is 44.0 Å². The van der Waals surface area contributed by atoms with E-state index in [0.29, 0.717) is 0 Å². The molecule has 9 aromatic rings. The molecule has 0 amide bonds. The number of anilines is 2. The molecule has 254 valence electrons. The lowest BCUT2D eigenvalue weighted by Gasteiger charge is -2.13. The second-order valence-electron chi connectivity index (χ2n) is 12.7. The van der Waals surface area contributed by atoms with Gasteiger partial charge in [-0.2, -0.15) is 8.75 Å². The highest BCUT2D eigenvalue weighted by atomic mass is 32.1. The van der Waals surface area contributed by atoms with Crippen molar-refractivity contribution in [3.63, 3.8) is 0 Å². The summed E-state index contributed by atoms with van der Waals surface area (Å²) in [7, 11) is 8.24. The van der Waals surface area contributed by atoms with Crippen LogP contribution in [0.3, 0.4) is 0 Å². The van der Waals surface area contributed by atoms with E-state index >= 15 is 0 Å². The number of fused-ring (bicyclic) bond motifs is 4. The van der Waals surface area contributed by atoms with E-state index in [-0.39, 0.29) is 0 Å². The third-order valence-corrected chi connectivity index (χ3v) is 14.1. The molecule has 9 rings (SSSR count). The SMILES string of the molecule is CCc1nc2c(-c3nc4sc(-c5ccc(N(C)C)cc5)cc4s3)c3nsnc3c(-c3nc4sc(-c5ccc(N(C)C)cc5)cc4s3)c2nc1CC. The molecule has 0 saturated carbocycles. The standard InChI is InChI=1S/C38H32N8S5/c1-7-23-24(8-2)40-32-30(38-42-36-28(50-38)18-26(48-36)20-11-15-22(16-12-20)46(5)6)34-33(43-51-44-34)29(31(32)39-23)37-41-35-27(49-37)17-25(47-35)19-9-13-21(14-10-19)45(3)4/h9-18H,7-8H2,1-6H3. The van der Waals surface area contributed by atoms with Crippen LogP contribution < -0.4 is 9.80 Å². The number of hydrogen-bond acceptors (Lipinski definition) is 13. The van der Waals surface area contributed by atoms with Gasteiger partial charge < -0.3 is 9.80 Å². The number of aromatic nitrogens is 6. The molecule has 3 aromatic carbocycles. The van der Waals surface area contributed by atoms with Crippen LogP contribution >= 0.6 is 57.1 Å². The zero-order valence-electron chi connectivity index (χ0n) is 28.8. The highest BCUT2D eigenvalue weighted by molar-refractivity contribution is 7.31. The van der Waals surface area contributed by atoms with Gasteiger partial charge in [-0.15, -0.1) is 45.3 Å². The summed E-state index contributed by atoms with van der Waals surface area (Å²) in [4.78, 5) is 29.8. The maximum Gasteiger partial charge on any atom is 0.135 e. The van der Waals surface area contributed by atoms with Crippen molar-refractivity contribution in [3.05, 3.63) is 72.1 Å². The van der Waals surface area contributed by atoms with E-state index in [1.807, 2.05) is 0 Å². The molecule has 0 spiro atoms. The third-order valence-electron chi connectivity index (χ3n) is 9.10.